The molecule has 2 aromatic carbocycles. The quantitative estimate of drug-likeness (QED) is 0.443. The summed E-state index contributed by atoms with van der Waals surface area (Å²) in [5.41, 5.74) is -0.740. The van der Waals surface area contributed by atoms with Crippen LogP contribution in [-0.2, 0) is 6.18 Å². The first-order valence-corrected chi connectivity index (χ1v) is 9.56. The van der Waals surface area contributed by atoms with Crippen molar-refractivity contribution in [3.05, 3.63) is 99.4 Å². The third-order valence-corrected chi connectivity index (χ3v) is 5.46. The molecule has 0 fully saturated rings. The molecular weight excluding hydrogens is 411 g/mol. The van der Waals surface area contributed by atoms with E-state index in [1.807, 2.05) is 6.07 Å². The second-order valence-electron chi connectivity index (χ2n) is 6.36. The highest BCUT2D eigenvalue weighted by Crippen LogP contribution is 2.35. The molecule has 0 aliphatic rings. The average Bonchev–Trinajstić information content (AvgIpc) is 3.21. The van der Waals surface area contributed by atoms with Crippen LogP contribution in [0.2, 0.25) is 0 Å². The van der Waals surface area contributed by atoms with Gasteiger partial charge in [-0.1, -0.05) is 36.9 Å². The van der Waals surface area contributed by atoms with Gasteiger partial charge in [-0.05, 0) is 29.6 Å². The highest BCUT2D eigenvalue weighted by atomic mass is 32.1. The summed E-state index contributed by atoms with van der Waals surface area (Å²) in [6.45, 7) is 3.96. The van der Waals surface area contributed by atoms with Gasteiger partial charge >= 0.3 is 6.18 Å². The molecule has 0 saturated carbocycles. The van der Waals surface area contributed by atoms with Crippen LogP contribution in [0, 0.1) is 11.3 Å². The van der Waals surface area contributed by atoms with E-state index in [9.17, 15) is 23.2 Å². The number of hydrogen-bond acceptors (Lipinski definition) is 4. The lowest BCUT2D eigenvalue weighted by Crippen LogP contribution is -2.25. The number of rotatable bonds is 3. The van der Waals surface area contributed by atoms with Gasteiger partial charge in [0.25, 0.3) is 5.56 Å². The molecule has 0 aliphatic heterocycles. The van der Waals surface area contributed by atoms with Crippen LogP contribution in [0.1, 0.15) is 22.5 Å². The third kappa shape index (κ3) is 3.19. The summed E-state index contributed by atoms with van der Waals surface area (Å²) in [4.78, 5) is 17.7. The van der Waals surface area contributed by atoms with E-state index in [1.165, 1.54) is 18.2 Å². The summed E-state index contributed by atoms with van der Waals surface area (Å²) >= 11 is 1.10. The topological polar surface area (TPSA) is 58.7 Å². The number of nitriles is 1. The molecular formula is C22H12F3N3OS. The summed E-state index contributed by atoms with van der Waals surface area (Å²) in [5, 5.41) is 11.1. The Morgan fingerprint density at radius 1 is 1.10 bits per heavy atom. The van der Waals surface area contributed by atoms with E-state index < -0.39 is 17.3 Å². The molecule has 4 nitrogen and oxygen atoms in total. The number of hydrogen-bond donors (Lipinski definition) is 0. The van der Waals surface area contributed by atoms with Gasteiger partial charge in [0.1, 0.15) is 10.5 Å². The molecule has 4 aromatic rings. The number of aromatic nitrogens is 2. The number of halogens is 3. The first-order chi connectivity index (χ1) is 14.3. The van der Waals surface area contributed by atoms with Crippen molar-refractivity contribution in [2.24, 2.45) is 0 Å². The fourth-order valence-electron chi connectivity index (χ4n) is 3.21. The van der Waals surface area contributed by atoms with Crippen molar-refractivity contribution in [3.8, 4) is 11.8 Å². The van der Waals surface area contributed by atoms with Crippen LogP contribution >= 0.6 is 11.3 Å². The highest BCUT2D eigenvalue weighted by molar-refractivity contribution is 7.17. The predicted octanol–water partition coefficient (Wildman–Crippen LogP) is 5.40. The molecule has 30 heavy (non-hydrogen) atoms. The number of benzene rings is 2. The lowest BCUT2D eigenvalue weighted by Gasteiger charge is -2.19. The fraction of sp³-hybridized carbons (Fsp3) is 0.0455. The molecule has 148 valence electrons. The predicted molar refractivity (Wildman–Crippen MR) is 110 cm³/mol. The summed E-state index contributed by atoms with van der Waals surface area (Å²) in [7, 11) is 0. The first kappa shape index (κ1) is 19.6. The lowest BCUT2D eigenvalue weighted by atomic mass is 10.0. The smallest absolute Gasteiger partial charge is 0.267 e. The van der Waals surface area contributed by atoms with Crippen molar-refractivity contribution in [1.82, 2.24) is 9.55 Å². The molecule has 0 N–H and O–H groups in total. The van der Waals surface area contributed by atoms with Crippen LogP contribution in [0.4, 0.5) is 13.2 Å². The molecule has 0 atom stereocenters. The van der Waals surface area contributed by atoms with Gasteiger partial charge in [-0.2, -0.15) is 18.4 Å². The summed E-state index contributed by atoms with van der Waals surface area (Å²) in [6.07, 6.45) is -4.68. The van der Waals surface area contributed by atoms with Gasteiger partial charge < -0.3 is 0 Å². The molecule has 0 bridgehead atoms. The van der Waals surface area contributed by atoms with Gasteiger partial charge in [-0.25, -0.2) is 4.98 Å². The Balaban J connectivity index is 2.09. The first-order valence-electron chi connectivity index (χ1n) is 8.68. The van der Waals surface area contributed by atoms with E-state index in [0.717, 1.165) is 22.0 Å². The zero-order valence-corrected chi connectivity index (χ0v) is 16.1. The molecule has 0 radical (unpaired) electrons. The Bertz CT molecular complexity index is 1390. The highest BCUT2D eigenvalue weighted by Gasteiger charge is 2.35. The SMILES string of the molecule is C=C(c1ccccc1C#N)c1nc2ccsc2c(=O)n1-c1ccccc1C(F)(F)F. The van der Waals surface area contributed by atoms with Crippen LogP contribution in [0.15, 0.2) is 71.4 Å². The second-order valence-corrected chi connectivity index (χ2v) is 7.28. The molecule has 2 aromatic heterocycles. The number of para-hydroxylation sites is 1. The van der Waals surface area contributed by atoms with Crippen LogP contribution in [0.25, 0.3) is 21.5 Å². The van der Waals surface area contributed by atoms with Gasteiger partial charge in [-0.15, -0.1) is 11.3 Å². The van der Waals surface area contributed by atoms with Gasteiger partial charge in [0.15, 0.2) is 0 Å². The van der Waals surface area contributed by atoms with Gasteiger partial charge in [0, 0.05) is 11.1 Å². The zero-order chi connectivity index (χ0) is 21.5. The molecule has 2 heterocycles. The van der Waals surface area contributed by atoms with Crippen LogP contribution in [0.5, 0.6) is 0 Å². The van der Waals surface area contributed by atoms with Gasteiger partial charge in [0.05, 0.1) is 28.4 Å². The zero-order valence-electron chi connectivity index (χ0n) is 15.3. The van der Waals surface area contributed by atoms with E-state index >= 15 is 0 Å². The maximum atomic E-state index is 13.7. The summed E-state index contributed by atoms with van der Waals surface area (Å²) < 4.78 is 42.2. The summed E-state index contributed by atoms with van der Waals surface area (Å²) in [5.74, 6) is -0.0506. The molecule has 0 saturated heterocycles. The van der Waals surface area contributed by atoms with Crippen LogP contribution in [-0.4, -0.2) is 9.55 Å². The minimum Gasteiger partial charge on any atom is -0.267 e. The normalized spacial score (nSPS) is 11.4. The van der Waals surface area contributed by atoms with Crippen LogP contribution < -0.4 is 5.56 Å². The van der Waals surface area contributed by atoms with E-state index in [-0.39, 0.29) is 27.3 Å². The van der Waals surface area contributed by atoms with E-state index in [2.05, 4.69) is 11.6 Å². The third-order valence-electron chi connectivity index (χ3n) is 4.57. The van der Waals surface area contributed by atoms with Crippen molar-refractivity contribution in [3.63, 3.8) is 0 Å². The minimum atomic E-state index is -4.68. The van der Waals surface area contributed by atoms with Crippen molar-refractivity contribution in [2.45, 2.75) is 6.18 Å². The Hall–Kier alpha value is -3.70. The molecule has 0 amide bonds. The molecule has 0 spiro atoms. The maximum Gasteiger partial charge on any atom is 0.418 e. The summed E-state index contributed by atoms with van der Waals surface area (Å²) in [6, 6.07) is 15.0. The maximum absolute atomic E-state index is 13.7. The average molecular weight is 423 g/mol. The van der Waals surface area contributed by atoms with Crippen LogP contribution in [0.3, 0.4) is 0 Å². The number of alkyl halides is 3. The second kappa shape index (κ2) is 7.28. The fourth-order valence-corrected chi connectivity index (χ4v) is 3.97. The van der Waals surface area contributed by atoms with Crippen molar-refractivity contribution >= 4 is 27.1 Å². The van der Waals surface area contributed by atoms with Gasteiger partial charge in [-0.3, -0.25) is 9.36 Å². The van der Waals surface area contributed by atoms with Crippen molar-refractivity contribution in [1.29, 1.82) is 5.26 Å². The molecule has 8 heteroatoms. The molecule has 0 aliphatic carbocycles. The lowest BCUT2D eigenvalue weighted by molar-refractivity contribution is -0.137. The molecule has 4 rings (SSSR count). The Morgan fingerprint density at radius 3 is 2.53 bits per heavy atom. The molecule has 0 unspecified atom stereocenters. The monoisotopic (exact) mass is 423 g/mol. The van der Waals surface area contributed by atoms with E-state index in [4.69, 9.17) is 0 Å². The van der Waals surface area contributed by atoms with Gasteiger partial charge in [0.2, 0.25) is 0 Å². The van der Waals surface area contributed by atoms with E-state index in [1.54, 1.807) is 35.7 Å². The van der Waals surface area contributed by atoms with E-state index in [0.29, 0.717) is 11.1 Å². The standard InChI is InChI=1S/C22H12F3N3OS/c1-13(15-7-3-2-6-14(15)12-26)20-27-17-10-11-30-19(17)21(29)28(20)18-9-5-4-8-16(18)22(23,24)25/h2-11H,1H2. The Morgan fingerprint density at radius 2 is 1.80 bits per heavy atom. The largest absolute Gasteiger partial charge is 0.418 e. The Labute approximate surface area is 172 Å². The Kier molecular flexibility index (Phi) is 4.76. The number of thiophene rings is 1. The minimum absolute atomic E-state index is 0.0506. The van der Waals surface area contributed by atoms with Crippen molar-refractivity contribution < 1.29 is 13.2 Å². The number of nitrogens with zero attached hydrogens (tertiary/aromatic N) is 3. The number of fused-ring (bicyclic) bond motifs is 1. The van der Waals surface area contributed by atoms with Crippen molar-refractivity contribution in [2.75, 3.05) is 0 Å².